The van der Waals surface area contributed by atoms with Gasteiger partial charge in [-0.25, -0.2) is 0 Å². The summed E-state index contributed by atoms with van der Waals surface area (Å²) in [5, 5.41) is 2.81. The molecule has 5 heteroatoms. The zero-order valence-corrected chi connectivity index (χ0v) is 13.9. The summed E-state index contributed by atoms with van der Waals surface area (Å²) in [6.07, 6.45) is 2.32. The number of carbonyl (C=O) groups excluding carboxylic acids is 2. The van der Waals surface area contributed by atoms with Crippen molar-refractivity contribution >= 4 is 17.6 Å². The monoisotopic (exact) mass is 347 g/mol. The summed E-state index contributed by atoms with van der Waals surface area (Å²) in [7, 11) is 0. The summed E-state index contributed by atoms with van der Waals surface area (Å²) < 4.78 is 10.8. The highest BCUT2D eigenvalue weighted by molar-refractivity contribution is 6.04. The normalized spacial score (nSPS) is 18.2. The van der Waals surface area contributed by atoms with Gasteiger partial charge in [0.1, 0.15) is 11.5 Å². The second-order valence-electron chi connectivity index (χ2n) is 6.23. The lowest BCUT2D eigenvalue weighted by Crippen LogP contribution is -2.14. The van der Waals surface area contributed by atoms with Crippen molar-refractivity contribution in [3.05, 3.63) is 84.3 Å². The Morgan fingerprint density at radius 1 is 1.00 bits per heavy atom. The lowest BCUT2D eigenvalue weighted by atomic mass is 10.2. The number of ether oxygens (including phenoxy) is 1. The highest BCUT2D eigenvalue weighted by atomic mass is 16.5. The molecule has 26 heavy (non-hydrogen) atoms. The summed E-state index contributed by atoms with van der Waals surface area (Å²) in [6.45, 7) is 0. The van der Waals surface area contributed by atoms with Crippen LogP contribution >= 0.6 is 0 Å². The van der Waals surface area contributed by atoms with E-state index in [1.54, 1.807) is 30.5 Å². The molecular formula is C21H17NO4. The van der Waals surface area contributed by atoms with Crippen LogP contribution in [0.25, 0.3) is 0 Å². The van der Waals surface area contributed by atoms with Crippen LogP contribution in [0.4, 0.5) is 5.69 Å². The number of hydrogen-bond donors (Lipinski definition) is 1. The standard InChI is InChI=1S/C21H17NO4/c23-20(22-15-7-2-1-3-8-15)14-6-4-9-16(12-14)26-21(24)18-13-17(18)19-10-5-11-25-19/h1-12,17-18H,13H2,(H,22,23). The second kappa shape index (κ2) is 6.88. The molecule has 2 atom stereocenters. The number of rotatable bonds is 5. The first-order valence-electron chi connectivity index (χ1n) is 8.42. The molecule has 1 amide bonds. The maximum absolute atomic E-state index is 12.3. The van der Waals surface area contributed by atoms with E-state index in [2.05, 4.69) is 5.32 Å². The number of anilines is 1. The number of benzene rings is 2. The molecule has 1 aliphatic rings. The van der Waals surface area contributed by atoms with E-state index < -0.39 is 0 Å². The van der Waals surface area contributed by atoms with Crippen LogP contribution in [-0.2, 0) is 4.79 Å². The maximum atomic E-state index is 12.3. The molecule has 2 aromatic carbocycles. The Morgan fingerprint density at radius 2 is 1.85 bits per heavy atom. The molecule has 1 heterocycles. The van der Waals surface area contributed by atoms with Gasteiger partial charge >= 0.3 is 5.97 Å². The summed E-state index contributed by atoms with van der Waals surface area (Å²) >= 11 is 0. The van der Waals surface area contributed by atoms with E-state index in [9.17, 15) is 9.59 Å². The first-order valence-corrected chi connectivity index (χ1v) is 8.42. The highest BCUT2D eigenvalue weighted by Crippen LogP contribution is 2.48. The Bertz CT molecular complexity index is 918. The number of amides is 1. The fraction of sp³-hybridized carbons (Fsp3) is 0.143. The molecule has 5 nitrogen and oxygen atoms in total. The van der Waals surface area contributed by atoms with Gasteiger partial charge in [0, 0.05) is 17.2 Å². The Labute approximate surface area is 150 Å². The predicted octanol–water partition coefficient (Wildman–Crippen LogP) is 4.24. The van der Waals surface area contributed by atoms with Gasteiger partial charge in [-0.2, -0.15) is 0 Å². The molecule has 3 aromatic rings. The molecule has 1 saturated carbocycles. The van der Waals surface area contributed by atoms with Crippen LogP contribution in [0.1, 0.15) is 28.5 Å². The average Bonchev–Trinajstić information content (AvgIpc) is 3.28. The van der Waals surface area contributed by atoms with Crippen LogP contribution in [0.2, 0.25) is 0 Å². The third kappa shape index (κ3) is 3.52. The van der Waals surface area contributed by atoms with Gasteiger partial charge < -0.3 is 14.5 Å². The minimum Gasteiger partial charge on any atom is -0.469 e. The van der Waals surface area contributed by atoms with Crippen molar-refractivity contribution in [2.45, 2.75) is 12.3 Å². The summed E-state index contributed by atoms with van der Waals surface area (Å²) in [5.74, 6) is 0.509. The lowest BCUT2D eigenvalue weighted by molar-refractivity contribution is -0.136. The zero-order chi connectivity index (χ0) is 17.9. The van der Waals surface area contributed by atoms with Crippen LogP contribution in [-0.4, -0.2) is 11.9 Å². The number of nitrogens with one attached hydrogen (secondary N) is 1. The molecule has 4 rings (SSSR count). The molecule has 0 spiro atoms. The van der Waals surface area contributed by atoms with E-state index in [0.29, 0.717) is 17.0 Å². The molecule has 0 saturated heterocycles. The Morgan fingerprint density at radius 3 is 2.62 bits per heavy atom. The first-order chi connectivity index (χ1) is 12.7. The molecule has 1 aliphatic carbocycles. The minimum atomic E-state index is -0.299. The van der Waals surface area contributed by atoms with E-state index in [0.717, 1.165) is 12.2 Å². The third-order valence-corrected chi connectivity index (χ3v) is 4.35. The van der Waals surface area contributed by atoms with Crippen LogP contribution < -0.4 is 10.1 Å². The topological polar surface area (TPSA) is 68.5 Å². The van der Waals surface area contributed by atoms with E-state index in [4.69, 9.17) is 9.15 Å². The summed E-state index contributed by atoms with van der Waals surface area (Å²) in [5.41, 5.74) is 1.14. The zero-order valence-electron chi connectivity index (χ0n) is 13.9. The Kier molecular flexibility index (Phi) is 4.27. The fourth-order valence-electron chi connectivity index (χ4n) is 2.89. The van der Waals surface area contributed by atoms with Gasteiger partial charge in [-0.05, 0) is 48.9 Å². The fourth-order valence-corrected chi connectivity index (χ4v) is 2.89. The molecule has 1 fully saturated rings. The van der Waals surface area contributed by atoms with Crippen molar-refractivity contribution in [3.8, 4) is 5.75 Å². The Balaban J connectivity index is 1.40. The molecule has 1 aromatic heterocycles. The second-order valence-corrected chi connectivity index (χ2v) is 6.23. The van der Waals surface area contributed by atoms with Crippen molar-refractivity contribution in [1.29, 1.82) is 0 Å². The van der Waals surface area contributed by atoms with E-state index in [-0.39, 0.29) is 23.7 Å². The van der Waals surface area contributed by atoms with Crippen molar-refractivity contribution in [2.24, 2.45) is 5.92 Å². The molecule has 0 bridgehead atoms. The SMILES string of the molecule is O=C(Nc1ccccc1)c1cccc(OC(=O)C2CC2c2ccco2)c1. The number of para-hydroxylation sites is 1. The summed E-state index contributed by atoms with van der Waals surface area (Å²) in [6, 6.07) is 19.5. The van der Waals surface area contributed by atoms with Crippen LogP contribution in [0.15, 0.2) is 77.4 Å². The van der Waals surface area contributed by atoms with Gasteiger partial charge in [0.05, 0.1) is 12.2 Å². The van der Waals surface area contributed by atoms with Crippen molar-refractivity contribution in [2.75, 3.05) is 5.32 Å². The molecule has 0 aliphatic heterocycles. The van der Waals surface area contributed by atoms with Crippen molar-refractivity contribution in [3.63, 3.8) is 0 Å². The molecule has 0 radical (unpaired) electrons. The molecule has 130 valence electrons. The van der Waals surface area contributed by atoms with E-state index in [1.807, 2.05) is 42.5 Å². The average molecular weight is 347 g/mol. The maximum Gasteiger partial charge on any atom is 0.315 e. The van der Waals surface area contributed by atoms with Gasteiger partial charge in [0.2, 0.25) is 0 Å². The van der Waals surface area contributed by atoms with Gasteiger partial charge in [-0.1, -0.05) is 24.3 Å². The largest absolute Gasteiger partial charge is 0.469 e. The molecular weight excluding hydrogens is 330 g/mol. The summed E-state index contributed by atoms with van der Waals surface area (Å²) in [4.78, 5) is 24.6. The Hall–Kier alpha value is -3.34. The van der Waals surface area contributed by atoms with Crippen molar-refractivity contribution < 1.29 is 18.7 Å². The third-order valence-electron chi connectivity index (χ3n) is 4.35. The van der Waals surface area contributed by atoms with Crippen molar-refractivity contribution in [1.82, 2.24) is 0 Å². The molecule has 2 unspecified atom stereocenters. The predicted molar refractivity (Wildman–Crippen MR) is 96.0 cm³/mol. The van der Waals surface area contributed by atoms with Gasteiger partial charge in [-0.15, -0.1) is 0 Å². The number of hydrogen-bond acceptors (Lipinski definition) is 4. The van der Waals surface area contributed by atoms with Crippen LogP contribution in [0, 0.1) is 5.92 Å². The van der Waals surface area contributed by atoms with Crippen LogP contribution in [0.3, 0.4) is 0 Å². The van der Waals surface area contributed by atoms with E-state index >= 15 is 0 Å². The minimum absolute atomic E-state index is 0.0852. The van der Waals surface area contributed by atoms with Gasteiger partial charge in [0.15, 0.2) is 0 Å². The molecule has 1 N–H and O–H groups in total. The lowest BCUT2D eigenvalue weighted by Gasteiger charge is -2.07. The first kappa shape index (κ1) is 16.1. The highest BCUT2D eigenvalue weighted by Gasteiger charge is 2.47. The van der Waals surface area contributed by atoms with Gasteiger partial charge in [-0.3, -0.25) is 9.59 Å². The number of furan rings is 1. The smallest absolute Gasteiger partial charge is 0.315 e. The van der Waals surface area contributed by atoms with Crippen LogP contribution in [0.5, 0.6) is 5.75 Å². The number of esters is 1. The number of carbonyl (C=O) groups is 2. The van der Waals surface area contributed by atoms with Gasteiger partial charge in [0.25, 0.3) is 5.91 Å². The van der Waals surface area contributed by atoms with E-state index in [1.165, 1.54) is 0 Å². The quantitative estimate of drug-likeness (QED) is 0.554.